The van der Waals surface area contributed by atoms with Gasteiger partial charge >= 0.3 is 0 Å². The number of aromatic nitrogens is 5. The summed E-state index contributed by atoms with van der Waals surface area (Å²) in [5.41, 5.74) is 0. The summed E-state index contributed by atoms with van der Waals surface area (Å²) in [6, 6.07) is 6.17. The van der Waals surface area contributed by atoms with Gasteiger partial charge in [0.05, 0.1) is 6.54 Å². The third kappa shape index (κ3) is 4.13. The highest BCUT2D eigenvalue weighted by Gasteiger charge is 2.26. The van der Waals surface area contributed by atoms with Gasteiger partial charge in [-0.3, -0.25) is 9.58 Å². The number of nitrogens with zero attached hydrogens (tertiary/aromatic N) is 6. The molecule has 4 rings (SSSR count). The summed E-state index contributed by atoms with van der Waals surface area (Å²) >= 11 is 0. The van der Waals surface area contributed by atoms with E-state index >= 15 is 0 Å². The third-order valence-corrected chi connectivity index (χ3v) is 5.33. The van der Waals surface area contributed by atoms with Gasteiger partial charge in [0.15, 0.2) is 5.82 Å². The number of piperidine rings is 1. The van der Waals surface area contributed by atoms with Crippen molar-refractivity contribution in [2.45, 2.75) is 51.6 Å². The largest absolute Gasteiger partial charge is 0.465 e. The van der Waals surface area contributed by atoms with Crippen LogP contribution in [-0.2, 0) is 26.6 Å². The molecule has 1 fully saturated rings. The zero-order chi connectivity index (χ0) is 18.6. The maximum Gasteiger partial charge on any atom is 0.154 e. The normalized spacial score (nSPS) is 18.2. The Morgan fingerprint density at radius 3 is 2.89 bits per heavy atom. The fourth-order valence-corrected chi connectivity index (χ4v) is 3.93. The molecule has 0 bridgehead atoms. The van der Waals surface area contributed by atoms with Gasteiger partial charge in [0.1, 0.15) is 23.9 Å². The van der Waals surface area contributed by atoms with Crippen LogP contribution in [0.1, 0.15) is 55.3 Å². The first-order chi connectivity index (χ1) is 13.2. The molecule has 144 valence electrons. The smallest absolute Gasteiger partial charge is 0.154 e. The first-order valence-electron chi connectivity index (χ1n) is 9.88. The average Bonchev–Trinajstić information content (AvgIpc) is 3.40. The Bertz CT molecular complexity index is 850. The van der Waals surface area contributed by atoms with E-state index in [0.29, 0.717) is 12.5 Å². The molecule has 27 heavy (non-hydrogen) atoms. The van der Waals surface area contributed by atoms with Gasteiger partial charge in [0.25, 0.3) is 0 Å². The van der Waals surface area contributed by atoms with Crippen molar-refractivity contribution >= 4 is 0 Å². The minimum atomic E-state index is 0.410. The van der Waals surface area contributed by atoms with E-state index in [-0.39, 0.29) is 0 Å². The number of hydrogen-bond donors (Lipinski definition) is 0. The van der Waals surface area contributed by atoms with Crippen LogP contribution >= 0.6 is 0 Å². The molecule has 3 aromatic heterocycles. The molecule has 4 heterocycles. The molecule has 0 radical (unpaired) electrons. The van der Waals surface area contributed by atoms with Gasteiger partial charge in [-0.25, -0.2) is 0 Å². The maximum atomic E-state index is 5.97. The van der Waals surface area contributed by atoms with Crippen molar-refractivity contribution in [3.05, 3.63) is 53.8 Å². The van der Waals surface area contributed by atoms with Gasteiger partial charge in [-0.2, -0.15) is 5.10 Å². The summed E-state index contributed by atoms with van der Waals surface area (Å²) in [4.78, 5) is 2.48. The number of rotatable bonds is 7. The SMILES string of the molecule is CCCc1ccc(CN2CCC[C@@H](c3nnc(Cn4cccn4)n3C)C2)o1. The summed E-state index contributed by atoms with van der Waals surface area (Å²) in [6.07, 6.45) is 8.20. The second kappa shape index (κ2) is 8.08. The summed E-state index contributed by atoms with van der Waals surface area (Å²) in [5.74, 6) is 4.59. The summed E-state index contributed by atoms with van der Waals surface area (Å²) < 4.78 is 9.99. The average molecular weight is 368 g/mol. The lowest BCUT2D eigenvalue weighted by atomic mass is 9.97. The number of likely N-dealkylation sites (tertiary alicyclic amines) is 1. The molecule has 7 nitrogen and oxygen atoms in total. The molecular weight excluding hydrogens is 340 g/mol. The van der Waals surface area contributed by atoms with Crippen molar-refractivity contribution < 1.29 is 4.42 Å². The lowest BCUT2D eigenvalue weighted by molar-refractivity contribution is 0.181. The molecule has 7 heteroatoms. The molecule has 0 N–H and O–H groups in total. The molecule has 0 spiro atoms. The highest BCUT2D eigenvalue weighted by molar-refractivity contribution is 5.09. The van der Waals surface area contributed by atoms with Gasteiger partial charge in [0, 0.05) is 38.3 Å². The Kier molecular flexibility index (Phi) is 5.38. The molecule has 1 aliphatic heterocycles. The van der Waals surface area contributed by atoms with Crippen LogP contribution in [0.15, 0.2) is 35.0 Å². The van der Waals surface area contributed by atoms with Crippen LogP contribution in [-0.4, -0.2) is 42.5 Å². The molecule has 1 atom stereocenters. The highest BCUT2D eigenvalue weighted by atomic mass is 16.3. The monoisotopic (exact) mass is 368 g/mol. The van der Waals surface area contributed by atoms with Crippen LogP contribution < -0.4 is 0 Å². The summed E-state index contributed by atoms with van der Waals surface area (Å²) in [7, 11) is 2.07. The van der Waals surface area contributed by atoms with Crippen LogP contribution in [0.2, 0.25) is 0 Å². The fourth-order valence-electron chi connectivity index (χ4n) is 3.93. The maximum absolute atomic E-state index is 5.97. The van der Waals surface area contributed by atoms with Crippen LogP contribution in [0.4, 0.5) is 0 Å². The Labute approximate surface area is 160 Å². The summed E-state index contributed by atoms with van der Waals surface area (Å²) in [6.45, 7) is 5.81. The lowest BCUT2D eigenvalue weighted by Crippen LogP contribution is -2.34. The zero-order valence-electron chi connectivity index (χ0n) is 16.2. The van der Waals surface area contributed by atoms with E-state index in [4.69, 9.17) is 4.42 Å². The standard InChI is InChI=1S/C20H28N6O/c1-3-6-17-8-9-18(27-17)14-25-11-4-7-16(13-25)20-23-22-19(24(20)2)15-26-12-5-10-21-26/h5,8-10,12,16H,3-4,6-7,11,13-15H2,1-2H3/t16-/m1/s1. The van der Waals surface area contributed by atoms with Crippen molar-refractivity contribution in [3.63, 3.8) is 0 Å². The van der Waals surface area contributed by atoms with Crippen molar-refractivity contribution in [2.24, 2.45) is 7.05 Å². The Morgan fingerprint density at radius 2 is 2.07 bits per heavy atom. The molecule has 0 amide bonds. The van der Waals surface area contributed by atoms with Gasteiger partial charge in [-0.1, -0.05) is 6.92 Å². The van der Waals surface area contributed by atoms with Crippen molar-refractivity contribution in [2.75, 3.05) is 13.1 Å². The second-order valence-corrected chi connectivity index (χ2v) is 7.43. The fraction of sp³-hybridized carbons (Fsp3) is 0.550. The van der Waals surface area contributed by atoms with E-state index in [2.05, 4.69) is 50.9 Å². The molecule has 1 aliphatic rings. The van der Waals surface area contributed by atoms with E-state index in [1.54, 1.807) is 6.20 Å². The first-order valence-corrected chi connectivity index (χ1v) is 9.88. The zero-order valence-corrected chi connectivity index (χ0v) is 16.2. The molecule has 0 unspecified atom stereocenters. The van der Waals surface area contributed by atoms with E-state index < -0.39 is 0 Å². The van der Waals surface area contributed by atoms with E-state index in [1.807, 2.05) is 16.9 Å². The third-order valence-electron chi connectivity index (χ3n) is 5.33. The van der Waals surface area contributed by atoms with Crippen LogP contribution in [0.25, 0.3) is 0 Å². The highest BCUT2D eigenvalue weighted by Crippen LogP contribution is 2.27. The van der Waals surface area contributed by atoms with E-state index in [1.165, 1.54) is 6.42 Å². The Balaban J connectivity index is 1.41. The van der Waals surface area contributed by atoms with Gasteiger partial charge < -0.3 is 8.98 Å². The molecule has 0 aliphatic carbocycles. The van der Waals surface area contributed by atoms with Gasteiger partial charge in [0.2, 0.25) is 0 Å². The first kappa shape index (κ1) is 18.0. The molecule has 3 aromatic rings. The topological polar surface area (TPSA) is 64.9 Å². The molecule has 0 aromatic carbocycles. The number of hydrogen-bond acceptors (Lipinski definition) is 5. The lowest BCUT2D eigenvalue weighted by Gasteiger charge is -2.31. The molecule has 0 saturated carbocycles. The van der Waals surface area contributed by atoms with Crippen LogP contribution in [0.5, 0.6) is 0 Å². The van der Waals surface area contributed by atoms with Crippen molar-refractivity contribution in [1.29, 1.82) is 0 Å². The predicted molar refractivity (Wildman–Crippen MR) is 102 cm³/mol. The van der Waals surface area contributed by atoms with Crippen LogP contribution in [0.3, 0.4) is 0 Å². The minimum Gasteiger partial charge on any atom is -0.465 e. The van der Waals surface area contributed by atoms with Gasteiger partial charge in [-0.15, -0.1) is 10.2 Å². The molecular formula is C20H28N6O. The number of aryl methyl sites for hydroxylation is 1. The predicted octanol–water partition coefficient (Wildman–Crippen LogP) is 2.99. The van der Waals surface area contributed by atoms with Crippen molar-refractivity contribution in [1.82, 2.24) is 29.4 Å². The number of furan rings is 1. The Hall–Kier alpha value is -2.41. The minimum absolute atomic E-state index is 0.410. The van der Waals surface area contributed by atoms with Crippen LogP contribution in [0, 0.1) is 0 Å². The van der Waals surface area contributed by atoms with E-state index in [0.717, 1.165) is 62.1 Å². The van der Waals surface area contributed by atoms with Gasteiger partial charge in [-0.05, 0) is 44.0 Å². The van der Waals surface area contributed by atoms with Crippen molar-refractivity contribution in [3.8, 4) is 0 Å². The second-order valence-electron chi connectivity index (χ2n) is 7.43. The quantitative estimate of drug-likeness (QED) is 0.641. The Morgan fingerprint density at radius 1 is 1.19 bits per heavy atom. The summed E-state index contributed by atoms with van der Waals surface area (Å²) in [5, 5.41) is 13.2. The van der Waals surface area contributed by atoms with E-state index in [9.17, 15) is 0 Å². The molecule has 1 saturated heterocycles.